The summed E-state index contributed by atoms with van der Waals surface area (Å²) in [7, 11) is 1.00. The minimum atomic E-state index is -1.35. The summed E-state index contributed by atoms with van der Waals surface area (Å²) < 4.78 is 21.9. The first-order valence-corrected chi connectivity index (χ1v) is 10.1. The summed E-state index contributed by atoms with van der Waals surface area (Å²) in [5, 5.41) is 53.6. The number of phenolic OH excluding ortho intramolecular Hbond substituents is 2. The van der Waals surface area contributed by atoms with E-state index in [2.05, 4.69) is 0 Å². The molecule has 12 heteroatoms. The largest absolute Gasteiger partial charge is 0.504 e. The van der Waals surface area contributed by atoms with Crippen molar-refractivity contribution in [2.45, 2.75) is 19.5 Å². The summed E-state index contributed by atoms with van der Waals surface area (Å²) in [5.74, 6) is -2.51. The molecule has 1 fully saturated rings. The number of aliphatic hydroxyl groups is 3. The Morgan fingerprint density at radius 1 is 1.06 bits per heavy atom. The third kappa shape index (κ3) is 5.20. The van der Waals surface area contributed by atoms with Crippen LogP contribution in [0.2, 0.25) is 0 Å². The van der Waals surface area contributed by atoms with E-state index >= 15 is 0 Å². The maximum Gasteiger partial charge on any atom is 0.371 e. The first-order chi connectivity index (χ1) is 16.7. The standard InChI is InChI=1S/C20H12O10.C2H6O.CH4O/c21-8-4-12-15-9(6-14(27-12)18(24)25)17(29-20-19(26)30-20)16(28-13(15)5-8)7-1-2-10(22)11(23)3-7;1-2-3;1-2/h1-6,19-20,22-23,26H,(H,24,25);3H,2H2,1H3;2H,1H3/p+1. The van der Waals surface area contributed by atoms with Crippen molar-refractivity contribution in [1.82, 2.24) is 0 Å². The Hall–Kier alpha value is -4.10. The Kier molecular flexibility index (Phi) is 7.62. The van der Waals surface area contributed by atoms with Gasteiger partial charge >= 0.3 is 11.4 Å². The molecule has 0 radical (unpaired) electrons. The lowest BCUT2D eigenvalue weighted by Crippen LogP contribution is -2.07. The van der Waals surface area contributed by atoms with Crippen molar-refractivity contribution in [3.05, 3.63) is 47.6 Å². The fourth-order valence-corrected chi connectivity index (χ4v) is 3.18. The van der Waals surface area contributed by atoms with Gasteiger partial charge in [-0.3, -0.25) is 4.79 Å². The Bertz CT molecular complexity index is 1420. The van der Waals surface area contributed by atoms with Gasteiger partial charge in [0.2, 0.25) is 12.1 Å². The summed E-state index contributed by atoms with van der Waals surface area (Å²) in [6.07, 6.45) is -2.18. The van der Waals surface area contributed by atoms with E-state index < -0.39 is 30.1 Å². The molecule has 7 N–H and O–H groups in total. The molecule has 2 aromatic carbocycles. The summed E-state index contributed by atoms with van der Waals surface area (Å²) in [6.45, 7) is 1.93. The highest BCUT2D eigenvalue weighted by atomic mass is 16.8. The molecule has 3 heterocycles. The van der Waals surface area contributed by atoms with Gasteiger partial charge in [0.25, 0.3) is 6.29 Å². The predicted octanol–water partition coefficient (Wildman–Crippen LogP) is 1.62. The van der Waals surface area contributed by atoms with E-state index in [9.17, 15) is 30.0 Å². The predicted molar refractivity (Wildman–Crippen MR) is 119 cm³/mol. The van der Waals surface area contributed by atoms with E-state index in [-0.39, 0.29) is 51.4 Å². The molecule has 2 unspecified atom stereocenters. The number of carbonyl (C=O) groups is 1. The molecular weight excluding hydrogens is 468 g/mol. The Labute approximate surface area is 196 Å². The van der Waals surface area contributed by atoms with E-state index in [1.807, 2.05) is 0 Å². The number of rotatable bonds is 4. The minimum Gasteiger partial charge on any atom is -0.504 e. The lowest BCUT2D eigenvalue weighted by Gasteiger charge is -2.15. The SMILES string of the molecule is CCO.CO.O=C(O)c1cc2c(OC3OC3O)c(-c3ccc(O)c(O)c3)oc3cc(=[OH+])cc(o1)c32. The second kappa shape index (κ2) is 10.4. The smallest absolute Gasteiger partial charge is 0.371 e. The average Bonchev–Trinajstić information content (AvgIpc) is 3.52. The van der Waals surface area contributed by atoms with Crippen molar-refractivity contribution in [2.24, 2.45) is 0 Å². The molecule has 0 aliphatic carbocycles. The van der Waals surface area contributed by atoms with E-state index in [1.54, 1.807) is 6.92 Å². The van der Waals surface area contributed by atoms with Crippen LogP contribution in [0.1, 0.15) is 17.5 Å². The molecule has 0 bridgehead atoms. The number of hydrogen-bond acceptors (Lipinski definition) is 10. The Morgan fingerprint density at radius 2 is 1.66 bits per heavy atom. The molecule has 2 aromatic heterocycles. The van der Waals surface area contributed by atoms with Gasteiger partial charge in [-0.1, -0.05) is 0 Å². The zero-order chi connectivity index (χ0) is 25.9. The van der Waals surface area contributed by atoms with Crippen LogP contribution in [0.5, 0.6) is 17.2 Å². The van der Waals surface area contributed by atoms with Gasteiger partial charge in [-0.2, -0.15) is 0 Å². The van der Waals surface area contributed by atoms with Crippen molar-refractivity contribution in [3.8, 4) is 28.6 Å². The molecule has 0 amide bonds. The molecule has 5 rings (SSSR count). The lowest BCUT2D eigenvalue weighted by molar-refractivity contribution is 0.0663. The van der Waals surface area contributed by atoms with E-state index in [1.165, 1.54) is 36.4 Å². The number of carboxylic acids is 1. The maximum absolute atomic E-state index is 11.6. The number of aliphatic hydroxyl groups excluding tert-OH is 3. The fraction of sp³-hybridized carbons (Fsp3) is 0.217. The van der Waals surface area contributed by atoms with Gasteiger partial charge in [0, 0.05) is 30.7 Å². The topological polar surface area (TPSA) is 208 Å². The second-order valence-corrected chi connectivity index (χ2v) is 6.94. The number of epoxide rings is 1. The first kappa shape index (κ1) is 25.5. The van der Waals surface area contributed by atoms with Crippen molar-refractivity contribution in [2.75, 3.05) is 13.7 Å². The van der Waals surface area contributed by atoms with Crippen LogP contribution in [0.25, 0.3) is 33.3 Å². The van der Waals surface area contributed by atoms with Crippen LogP contribution in [0.3, 0.4) is 0 Å². The number of hydrogen-bond donors (Lipinski definition) is 6. The maximum atomic E-state index is 11.6. The van der Waals surface area contributed by atoms with Crippen molar-refractivity contribution < 1.29 is 58.5 Å². The average molecular weight is 491 g/mol. The quantitative estimate of drug-likeness (QED) is 0.137. The van der Waals surface area contributed by atoms with Crippen LogP contribution in [0.15, 0.2) is 45.2 Å². The van der Waals surface area contributed by atoms with E-state index in [4.69, 9.17) is 28.5 Å². The molecule has 12 nitrogen and oxygen atoms in total. The minimum absolute atomic E-state index is 0.0168. The van der Waals surface area contributed by atoms with Gasteiger partial charge in [-0.05, 0) is 25.1 Å². The molecule has 2 atom stereocenters. The van der Waals surface area contributed by atoms with Gasteiger partial charge in [0.05, 0.1) is 17.5 Å². The van der Waals surface area contributed by atoms with E-state index in [0.717, 1.165) is 7.11 Å². The van der Waals surface area contributed by atoms with Crippen molar-refractivity contribution in [3.63, 3.8) is 0 Å². The van der Waals surface area contributed by atoms with Crippen LogP contribution < -0.4 is 10.2 Å². The zero-order valence-corrected chi connectivity index (χ0v) is 18.5. The Morgan fingerprint density at radius 3 is 2.20 bits per heavy atom. The third-order valence-electron chi connectivity index (χ3n) is 4.59. The van der Waals surface area contributed by atoms with Crippen LogP contribution >= 0.6 is 0 Å². The highest BCUT2D eigenvalue weighted by molar-refractivity contribution is 6.11. The zero-order valence-electron chi connectivity index (χ0n) is 18.5. The fourth-order valence-electron chi connectivity index (χ4n) is 3.18. The van der Waals surface area contributed by atoms with Gasteiger partial charge in [0.1, 0.15) is 11.2 Å². The molecule has 1 saturated heterocycles. The summed E-state index contributed by atoms with van der Waals surface area (Å²) in [4.78, 5) is 21.6. The number of aromatic hydroxyl groups is 2. The molecule has 1 aliphatic rings. The number of ether oxygens (including phenoxy) is 2. The first-order valence-electron chi connectivity index (χ1n) is 10.1. The van der Waals surface area contributed by atoms with Crippen LogP contribution in [-0.4, -0.2) is 67.7 Å². The number of phenols is 2. The van der Waals surface area contributed by atoms with Crippen molar-refractivity contribution in [1.29, 1.82) is 0 Å². The number of carboxylic acid groups (broad SMARTS) is 1. The van der Waals surface area contributed by atoms with Gasteiger partial charge in [-0.25, -0.2) is 4.79 Å². The van der Waals surface area contributed by atoms with Crippen LogP contribution in [0.4, 0.5) is 0 Å². The van der Waals surface area contributed by atoms with Gasteiger partial charge in [-0.15, -0.1) is 0 Å². The number of benzene rings is 2. The second-order valence-electron chi connectivity index (χ2n) is 6.94. The molecule has 0 spiro atoms. The molecule has 4 aromatic rings. The van der Waals surface area contributed by atoms with E-state index in [0.29, 0.717) is 5.39 Å². The highest BCUT2D eigenvalue weighted by Gasteiger charge is 2.41. The highest BCUT2D eigenvalue weighted by Crippen LogP contribution is 2.44. The molecular formula is C23H23O12+. The molecule has 35 heavy (non-hydrogen) atoms. The molecule has 186 valence electrons. The van der Waals surface area contributed by atoms with Crippen LogP contribution in [0, 0.1) is 0 Å². The Balaban J connectivity index is 0.000000638. The summed E-state index contributed by atoms with van der Waals surface area (Å²) in [6, 6.07) is 7.65. The summed E-state index contributed by atoms with van der Waals surface area (Å²) >= 11 is 0. The number of aromatic carboxylic acids is 1. The van der Waals surface area contributed by atoms with Crippen molar-refractivity contribution >= 4 is 27.9 Å². The summed E-state index contributed by atoms with van der Waals surface area (Å²) in [5.41, 5.74) is 0.224. The van der Waals surface area contributed by atoms with Crippen LogP contribution in [-0.2, 0) is 4.74 Å². The van der Waals surface area contributed by atoms with Gasteiger partial charge < -0.3 is 48.9 Å². The third-order valence-corrected chi connectivity index (χ3v) is 4.59. The monoisotopic (exact) mass is 491 g/mol. The molecule has 0 saturated carbocycles. The normalized spacial score (nSPS) is 16.1. The lowest BCUT2D eigenvalue weighted by atomic mass is 10.0. The van der Waals surface area contributed by atoms with Gasteiger partial charge in [0.15, 0.2) is 23.0 Å². The molecule has 1 aliphatic heterocycles.